The summed E-state index contributed by atoms with van der Waals surface area (Å²) in [7, 11) is 0. The highest BCUT2D eigenvalue weighted by Crippen LogP contribution is 2.27. The molecule has 0 unspecified atom stereocenters. The van der Waals surface area contributed by atoms with Crippen molar-refractivity contribution < 1.29 is 4.39 Å². The predicted molar refractivity (Wildman–Crippen MR) is 73.4 cm³/mol. The van der Waals surface area contributed by atoms with Crippen LogP contribution in [0.25, 0.3) is 16.8 Å². The van der Waals surface area contributed by atoms with Crippen LogP contribution in [0, 0.1) is 5.82 Å². The second-order valence-corrected chi connectivity index (χ2v) is 4.20. The van der Waals surface area contributed by atoms with Crippen molar-refractivity contribution in [3.05, 3.63) is 66.6 Å². The number of nitrogen functional groups attached to an aromatic ring is 1. The molecule has 4 heteroatoms. The van der Waals surface area contributed by atoms with Gasteiger partial charge < -0.3 is 5.73 Å². The van der Waals surface area contributed by atoms with Crippen LogP contribution in [-0.4, -0.2) is 9.78 Å². The second-order valence-electron chi connectivity index (χ2n) is 4.20. The molecule has 3 aromatic rings. The number of aromatic nitrogens is 2. The number of nitrogens with zero attached hydrogens (tertiary/aromatic N) is 2. The molecule has 0 aliphatic heterocycles. The van der Waals surface area contributed by atoms with Crippen LogP contribution < -0.4 is 5.73 Å². The van der Waals surface area contributed by atoms with Gasteiger partial charge in [-0.3, -0.25) is 0 Å². The van der Waals surface area contributed by atoms with E-state index in [0.717, 1.165) is 16.8 Å². The molecule has 0 amide bonds. The van der Waals surface area contributed by atoms with Gasteiger partial charge in [0.15, 0.2) is 0 Å². The Morgan fingerprint density at radius 3 is 2.32 bits per heavy atom. The van der Waals surface area contributed by atoms with Crippen LogP contribution in [0.15, 0.2) is 60.8 Å². The van der Waals surface area contributed by atoms with Gasteiger partial charge in [0.2, 0.25) is 0 Å². The molecule has 0 aliphatic carbocycles. The highest BCUT2D eigenvalue weighted by atomic mass is 19.1. The monoisotopic (exact) mass is 253 g/mol. The maximum atomic E-state index is 12.9. The fraction of sp³-hybridized carbons (Fsp3) is 0. The molecular formula is C15H12FN3. The van der Waals surface area contributed by atoms with E-state index in [0.29, 0.717) is 5.82 Å². The van der Waals surface area contributed by atoms with Crippen molar-refractivity contribution in [2.24, 2.45) is 0 Å². The van der Waals surface area contributed by atoms with Gasteiger partial charge >= 0.3 is 0 Å². The summed E-state index contributed by atoms with van der Waals surface area (Å²) in [4.78, 5) is 0. The van der Waals surface area contributed by atoms with Crippen LogP contribution in [0.4, 0.5) is 10.2 Å². The van der Waals surface area contributed by atoms with E-state index in [9.17, 15) is 4.39 Å². The molecule has 0 aliphatic rings. The van der Waals surface area contributed by atoms with E-state index in [1.165, 1.54) is 12.1 Å². The van der Waals surface area contributed by atoms with E-state index in [1.54, 1.807) is 23.0 Å². The summed E-state index contributed by atoms with van der Waals surface area (Å²) in [5.74, 6) is 0.260. The van der Waals surface area contributed by atoms with E-state index in [1.807, 2.05) is 30.3 Å². The minimum Gasteiger partial charge on any atom is -0.383 e. The van der Waals surface area contributed by atoms with Crippen LogP contribution in [-0.2, 0) is 0 Å². The van der Waals surface area contributed by atoms with Gasteiger partial charge in [-0.2, -0.15) is 5.10 Å². The lowest BCUT2D eigenvalue weighted by Gasteiger charge is -2.05. The maximum absolute atomic E-state index is 12.9. The van der Waals surface area contributed by atoms with Crippen LogP contribution in [0.3, 0.4) is 0 Å². The van der Waals surface area contributed by atoms with Crippen LogP contribution in [0.5, 0.6) is 0 Å². The van der Waals surface area contributed by atoms with Gasteiger partial charge in [-0.1, -0.05) is 30.3 Å². The molecule has 0 radical (unpaired) electrons. The maximum Gasteiger partial charge on any atom is 0.135 e. The van der Waals surface area contributed by atoms with Gasteiger partial charge in [0.1, 0.15) is 11.6 Å². The van der Waals surface area contributed by atoms with Crippen molar-refractivity contribution in [1.82, 2.24) is 9.78 Å². The van der Waals surface area contributed by atoms with Crippen molar-refractivity contribution in [2.45, 2.75) is 0 Å². The predicted octanol–water partition coefficient (Wildman–Crippen LogP) is 3.26. The van der Waals surface area contributed by atoms with Gasteiger partial charge in [-0.25, -0.2) is 9.07 Å². The molecular weight excluding hydrogens is 241 g/mol. The summed E-state index contributed by atoms with van der Waals surface area (Å²) < 4.78 is 14.5. The summed E-state index contributed by atoms with van der Waals surface area (Å²) in [5.41, 5.74) is 8.72. The molecule has 0 saturated carbocycles. The molecule has 0 atom stereocenters. The Morgan fingerprint density at radius 1 is 0.947 bits per heavy atom. The number of rotatable bonds is 2. The normalized spacial score (nSPS) is 10.6. The highest BCUT2D eigenvalue weighted by molar-refractivity contribution is 5.74. The fourth-order valence-corrected chi connectivity index (χ4v) is 1.99. The molecule has 2 aromatic carbocycles. The molecule has 0 spiro atoms. The Morgan fingerprint density at radius 2 is 1.63 bits per heavy atom. The standard InChI is InChI=1S/C15H12FN3/c16-12-6-8-13(9-7-12)19-15(17)14(10-18-19)11-4-2-1-3-5-11/h1-10H,17H2. The fourth-order valence-electron chi connectivity index (χ4n) is 1.99. The SMILES string of the molecule is Nc1c(-c2ccccc2)cnn1-c1ccc(F)cc1. The number of hydrogen-bond donors (Lipinski definition) is 1. The molecule has 1 heterocycles. The molecule has 3 rings (SSSR count). The lowest BCUT2D eigenvalue weighted by atomic mass is 10.1. The third kappa shape index (κ3) is 2.08. The van der Waals surface area contributed by atoms with Gasteiger partial charge in [0.05, 0.1) is 11.9 Å². The van der Waals surface area contributed by atoms with Gasteiger partial charge in [0, 0.05) is 5.56 Å². The van der Waals surface area contributed by atoms with Crippen LogP contribution in [0.2, 0.25) is 0 Å². The first kappa shape index (κ1) is 11.5. The zero-order valence-corrected chi connectivity index (χ0v) is 10.1. The highest BCUT2D eigenvalue weighted by Gasteiger charge is 2.10. The lowest BCUT2D eigenvalue weighted by Crippen LogP contribution is -2.02. The minimum absolute atomic E-state index is 0.280. The Hall–Kier alpha value is -2.62. The van der Waals surface area contributed by atoms with Gasteiger partial charge in [-0.15, -0.1) is 0 Å². The summed E-state index contributed by atoms with van der Waals surface area (Å²) >= 11 is 0. The number of benzene rings is 2. The minimum atomic E-state index is -0.280. The topological polar surface area (TPSA) is 43.8 Å². The smallest absolute Gasteiger partial charge is 0.135 e. The average Bonchev–Trinajstić information content (AvgIpc) is 2.83. The van der Waals surface area contributed by atoms with E-state index >= 15 is 0 Å². The van der Waals surface area contributed by atoms with Crippen molar-refractivity contribution >= 4 is 5.82 Å². The quantitative estimate of drug-likeness (QED) is 0.761. The third-order valence-electron chi connectivity index (χ3n) is 2.96. The van der Waals surface area contributed by atoms with Crippen molar-refractivity contribution in [2.75, 3.05) is 5.73 Å². The molecule has 0 bridgehead atoms. The summed E-state index contributed by atoms with van der Waals surface area (Å²) in [6.07, 6.45) is 1.72. The number of hydrogen-bond acceptors (Lipinski definition) is 2. The van der Waals surface area contributed by atoms with Crippen LogP contribution in [0.1, 0.15) is 0 Å². The first-order valence-corrected chi connectivity index (χ1v) is 5.90. The summed E-state index contributed by atoms with van der Waals surface area (Å²) in [5, 5.41) is 4.26. The van der Waals surface area contributed by atoms with Crippen LogP contribution >= 0.6 is 0 Å². The number of nitrogens with two attached hydrogens (primary N) is 1. The molecule has 0 saturated heterocycles. The Kier molecular flexibility index (Phi) is 2.76. The van der Waals surface area contributed by atoms with E-state index in [2.05, 4.69) is 5.10 Å². The molecule has 94 valence electrons. The Balaban J connectivity index is 2.06. The van der Waals surface area contributed by atoms with Gasteiger partial charge in [0.25, 0.3) is 0 Å². The summed E-state index contributed by atoms with van der Waals surface area (Å²) in [6.45, 7) is 0. The first-order valence-electron chi connectivity index (χ1n) is 5.90. The molecule has 19 heavy (non-hydrogen) atoms. The second kappa shape index (κ2) is 4.57. The van der Waals surface area contributed by atoms with E-state index in [-0.39, 0.29) is 5.82 Å². The Labute approximate surface area is 110 Å². The largest absolute Gasteiger partial charge is 0.383 e. The van der Waals surface area contributed by atoms with Crippen molar-refractivity contribution in [3.8, 4) is 16.8 Å². The molecule has 1 aromatic heterocycles. The average molecular weight is 253 g/mol. The molecule has 3 nitrogen and oxygen atoms in total. The molecule has 0 fully saturated rings. The zero-order valence-electron chi connectivity index (χ0n) is 10.1. The zero-order chi connectivity index (χ0) is 13.2. The van der Waals surface area contributed by atoms with Gasteiger partial charge in [-0.05, 0) is 29.8 Å². The Bertz CT molecular complexity index is 687. The molecule has 2 N–H and O–H groups in total. The van der Waals surface area contributed by atoms with E-state index in [4.69, 9.17) is 5.73 Å². The summed E-state index contributed by atoms with van der Waals surface area (Å²) in [6, 6.07) is 15.9. The van der Waals surface area contributed by atoms with Crippen molar-refractivity contribution in [1.29, 1.82) is 0 Å². The number of anilines is 1. The first-order chi connectivity index (χ1) is 9.25. The third-order valence-corrected chi connectivity index (χ3v) is 2.96. The van der Waals surface area contributed by atoms with Crippen molar-refractivity contribution in [3.63, 3.8) is 0 Å². The number of halogens is 1. The lowest BCUT2D eigenvalue weighted by molar-refractivity contribution is 0.627. The van der Waals surface area contributed by atoms with E-state index < -0.39 is 0 Å².